The molecular formula is C11H13N5OS. The molecule has 1 saturated carbocycles. The maximum absolute atomic E-state index is 11.8. The van der Waals surface area contributed by atoms with E-state index in [0.29, 0.717) is 12.5 Å². The van der Waals surface area contributed by atoms with E-state index in [4.69, 9.17) is 0 Å². The molecule has 1 fully saturated rings. The van der Waals surface area contributed by atoms with Gasteiger partial charge in [0.05, 0.1) is 17.7 Å². The molecule has 0 aliphatic heterocycles. The summed E-state index contributed by atoms with van der Waals surface area (Å²) < 4.78 is 0. The molecule has 6 nitrogen and oxygen atoms in total. The minimum absolute atomic E-state index is 0.221. The lowest BCUT2D eigenvalue weighted by Crippen LogP contribution is -2.24. The number of hydrogen-bond donors (Lipinski definition) is 2. The summed E-state index contributed by atoms with van der Waals surface area (Å²) in [7, 11) is 0. The maximum Gasteiger partial charge on any atom is 0.291 e. The Balaban J connectivity index is 1.62. The Hall–Kier alpha value is -1.76. The van der Waals surface area contributed by atoms with Crippen LogP contribution in [0, 0.1) is 6.92 Å². The normalized spacial score (nSPS) is 14.7. The Morgan fingerprint density at radius 2 is 2.44 bits per heavy atom. The van der Waals surface area contributed by atoms with Crippen LogP contribution in [0.3, 0.4) is 0 Å². The van der Waals surface area contributed by atoms with Crippen molar-refractivity contribution in [3.8, 4) is 0 Å². The van der Waals surface area contributed by atoms with Gasteiger partial charge in [-0.25, -0.2) is 9.97 Å². The second-order valence-electron chi connectivity index (χ2n) is 4.36. The van der Waals surface area contributed by atoms with E-state index in [1.54, 1.807) is 5.51 Å². The number of amides is 1. The topological polar surface area (TPSA) is 83.6 Å². The van der Waals surface area contributed by atoms with Crippen LogP contribution >= 0.6 is 11.3 Å². The van der Waals surface area contributed by atoms with Gasteiger partial charge in [0.15, 0.2) is 0 Å². The van der Waals surface area contributed by atoms with Crippen molar-refractivity contribution in [3.63, 3.8) is 0 Å². The zero-order valence-corrected chi connectivity index (χ0v) is 10.8. The van der Waals surface area contributed by atoms with Gasteiger partial charge in [-0.2, -0.15) is 0 Å². The van der Waals surface area contributed by atoms with Crippen LogP contribution in [-0.4, -0.2) is 26.1 Å². The summed E-state index contributed by atoms with van der Waals surface area (Å²) in [6.07, 6.45) is 2.27. The van der Waals surface area contributed by atoms with E-state index in [-0.39, 0.29) is 11.7 Å². The number of thiazole rings is 1. The van der Waals surface area contributed by atoms with E-state index in [1.807, 2.05) is 6.92 Å². The third-order valence-electron chi connectivity index (χ3n) is 2.92. The first-order valence-electron chi connectivity index (χ1n) is 5.83. The molecule has 3 rings (SSSR count). The summed E-state index contributed by atoms with van der Waals surface area (Å²) in [4.78, 5) is 21.2. The fraction of sp³-hybridized carbons (Fsp3) is 0.455. The quantitative estimate of drug-likeness (QED) is 0.872. The average molecular weight is 263 g/mol. The van der Waals surface area contributed by atoms with E-state index in [1.165, 1.54) is 11.3 Å². The van der Waals surface area contributed by atoms with Gasteiger partial charge in [-0.1, -0.05) is 0 Å². The molecule has 2 N–H and O–H groups in total. The van der Waals surface area contributed by atoms with E-state index >= 15 is 0 Å². The predicted molar refractivity (Wildman–Crippen MR) is 66.4 cm³/mol. The molecule has 2 heterocycles. The average Bonchev–Trinajstić information content (AvgIpc) is 2.95. The molecule has 2 aromatic rings. The van der Waals surface area contributed by atoms with E-state index in [2.05, 4.69) is 25.5 Å². The van der Waals surface area contributed by atoms with Gasteiger partial charge in [0.25, 0.3) is 5.91 Å². The van der Waals surface area contributed by atoms with Crippen LogP contribution in [0.4, 0.5) is 0 Å². The molecule has 0 aromatic carbocycles. The van der Waals surface area contributed by atoms with Crippen LogP contribution in [0.25, 0.3) is 0 Å². The molecule has 18 heavy (non-hydrogen) atoms. The van der Waals surface area contributed by atoms with Crippen molar-refractivity contribution in [2.24, 2.45) is 0 Å². The van der Waals surface area contributed by atoms with Crippen molar-refractivity contribution < 1.29 is 4.79 Å². The number of carbonyl (C=O) groups is 1. The van der Waals surface area contributed by atoms with Crippen LogP contribution in [0.15, 0.2) is 5.51 Å². The fourth-order valence-corrected chi connectivity index (χ4v) is 2.37. The second-order valence-corrected chi connectivity index (χ2v) is 5.30. The summed E-state index contributed by atoms with van der Waals surface area (Å²) in [5.41, 5.74) is 2.73. The Labute approximate surface area is 108 Å². The molecule has 1 aliphatic carbocycles. The van der Waals surface area contributed by atoms with Crippen molar-refractivity contribution in [1.29, 1.82) is 0 Å². The lowest BCUT2D eigenvalue weighted by molar-refractivity contribution is 0.0941. The zero-order chi connectivity index (χ0) is 12.5. The first kappa shape index (κ1) is 11.3. The number of H-pyrrole nitrogens is 1. The zero-order valence-electron chi connectivity index (χ0n) is 9.93. The molecule has 94 valence electrons. The Bertz CT molecular complexity index is 572. The Morgan fingerprint density at radius 3 is 3.11 bits per heavy atom. The lowest BCUT2D eigenvalue weighted by Gasteiger charge is -2.00. The minimum Gasteiger partial charge on any atom is -0.344 e. The third-order valence-corrected chi connectivity index (χ3v) is 3.86. The first-order chi connectivity index (χ1) is 8.74. The fourth-order valence-electron chi connectivity index (χ4n) is 1.65. The van der Waals surface area contributed by atoms with E-state index < -0.39 is 0 Å². The molecule has 1 aliphatic rings. The van der Waals surface area contributed by atoms with Gasteiger partial charge in [-0.15, -0.1) is 16.4 Å². The Morgan fingerprint density at radius 1 is 1.61 bits per heavy atom. The summed E-state index contributed by atoms with van der Waals surface area (Å²) in [6, 6.07) is 0. The highest BCUT2D eigenvalue weighted by Gasteiger charge is 2.28. The lowest BCUT2D eigenvalue weighted by atomic mass is 10.4. The van der Waals surface area contributed by atoms with Gasteiger partial charge in [0.1, 0.15) is 5.82 Å². The monoisotopic (exact) mass is 263 g/mol. The van der Waals surface area contributed by atoms with Crippen LogP contribution in [0.5, 0.6) is 0 Å². The standard InChI is InChI=1S/C11H13N5OS/c1-6-8(18-5-13-6)4-12-11(17)10-14-9(15-16-10)7-2-3-7/h5,7H,2-4H2,1H3,(H,12,17)(H,14,15,16). The van der Waals surface area contributed by atoms with Crippen molar-refractivity contribution in [1.82, 2.24) is 25.5 Å². The predicted octanol–water partition coefficient (Wildman–Crippen LogP) is 1.38. The number of carbonyl (C=O) groups excluding carboxylic acids is 1. The molecule has 7 heteroatoms. The summed E-state index contributed by atoms with van der Waals surface area (Å²) in [5, 5.41) is 9.56. The number of nitrogens with one attached hydrogen (secondary N) is 2. The number of rotatable bonds is 4. The molecule has 0 unspecified atom stereocenters. The Kier molecular flexibility index (Phi) is 2.83. The molecule has 2 aromatic heterocycles. The SMILES string of the molecule is Cc1ncsc1CNC(=O)c1n[nH]c(C2CC2)n1. The van der Waals surface area contributed by atoms with Crippen LogP contribution < -0.4 is 5.32 Å². The van der Waals surface area contributed by atoms with Crippen molar-refractivity contribution in [2.45, 2.75) is 32.2 Å². The molecular weight excluding hydrogens is 250 g/mol. The van der Waals surface area contributed by atoms with Crippen LogP contribution in [0.2, 0.25) is 0 Å². The summed E-state index contributed by atoms with van der Waals surface area (Å²) >= 11 is 1.53. The number of aromatic nitrogens is 4. The van der Waals surface area contributed by atoms with Crippen molar-refractivity contribution in [2.75, 3.05) is 0 Å². The highest BCUT2D eigenvalue weighted by atomic mass is 32.1. The number of aromatic amines is 1. The van der Waals surface area contributed by atoms with E-state index in [0.717, 1.165) is 29.2 Å². The maximum atomic E-state index is 11.8. The summed E-state index contributed by atoms with van der Waals surface area (Å²) in [5.74, 6) is 1.28. The van der Waals surface area contributed by atoms with Gasteiger partial charge in [0.2, 0.25) is 5.82 Å². The van der Waals surface area contributed by atoms with Crippen molar-refractivity contribution >= 4 is 17.2 Å². The van der Waals surface area contributed by atoms with Gasteiger partial charge in [-0.05, 0) is 19.8 Å². The number of aryl methyl sites for hydroxylation is 1. The largest absolute Gasteiger partial charge is 0.344 e. The molecule has 0 radical (unpaired) electrons. The molecule has 0 spiro atoms. The number of hydrogen-bond acceptors (Lipinski definition) is 5. The van der Waals surface area contributed by atoms with Gasteiger partial charge in [-0.3, -0.25) is 9.89 Å². The molecule has 0 atom stereocenters. The molecule has 0 bridgehead atoms. The molecule has 0 saturated heterocycles. The number of nitrogens with zero attached hydrogens (tertiary/aromatic N) is 3. The second kappa shape index (κ2) is 4.49. The van der Waals surface area contributed by atoms with E-state index in [9.17, 15) is 4.79 Å². The minimum atomic E-state index is -0.244. The third kappa shape index (κ3) is 2.26. The van der Waals surface area contributed by atoms with Gasteiger partial charge >= 0.3 is 0 Å². The molecule has 1 amide bonds. The highest BCUT2D eigenvalue weighted by Crippen LogP contribution is 2.37. The summed E-state index contributed by atoms with van der Waals surface area (Å²) in [6.45, 7) is 2.40. The van der Waals surface area contributed by atoms with Crippen LogP contribution in [0.1, 0.15) is 45.8 Å². The van der Waals surface area contributed by atoms with Gasteiger partial charge < -0.3 is 5.32 Å². The van der Waals surface area contributed by atoms with Crippen LogP contribution in [-0.2, 0) is 6.54 Å². The van der Waals surface area contributed by atoms with Crippen molar-refractivity contribution in [3.05, 3.63) is 27.7 Å². The van der Waals surface area contributed by atoms with Gasteiger partial charge in [0, 0.05) is 10.8 Å². The smallest absolute Gasteiger partial charge is 0.291 e. The first-order valence-corrected chi connectivity index (χ1v) is 6.71. The highest BCUT2D eigenvalue weighted by molar-refractivity contribution is 7.09.